The predicted molar refractivity (Wildman–Crippen MR) is 99.5 cm³/mol. The molecule has 0 bridgehead atoms. The largest absolute Gasteiger partial charge is 0.469 e. The van der Waals surface area contributed by atoms with Crippen LogP contribution in [0.15, 0.2) is 57.8 Å². The van der Waals surface area contributed by atoms with Gasteiger partial charge in [-0.1, -0.05) is 23.7 Å². The average molecular weight is 407 g/mol. The van der Waals surface area contributed by atoms with E-state index in [4.69, 9.17) is 21.2 Å². The van der Waals surface area contributed by atoms with E-state index in [-0.39, 0.29) is 17.2 Å². The van der Waals surface area contributed by atoms with Gasteiger partial charge in [-0.15, -0.1) is 0 Å². The van der Waals surface area contributed by atoms with Gasteiger partial charge < -0.3 is 9.15 Å². The van der Waals surface area contributed by atoms with E-state index < -0.39 is 16.0 Å². The quantitative estimate of drug-likeness (QED) is 0.651. The topological polar surface area (TPSA) is 112 Å². The Morgan fingerprint density at radius 1 is 1.11 bits per heavy atom. The summed E-state index contributed by atoms with van der Waals surface area (Å²) < 4.78 is 33.3. The number of sulfonamides is 1. The maximum atomic E-state index is 11.6. The second-order valence-corrected chi connectivity index (χ2v) is 7.61. The minimum Gasteiger partial charge on any atom is -0.469 e. The fourth-order valence-corrected chi connectivity index (χ4v) is 3.07. The first kappa shape index (κ1) is 19.1. The number of carbonyl (C=O) groups is 1. The molecule has 0 aliphatic rings. The first-order chi connectivity index (χ1) is 12.8. The van der Waals surface area contributed by atoms with Gasteiger partial charge in [-0.25, -0.2) is 18.5 Å². The summed E-state index contributed by atoms with van der Waals surface area (Å²) in [6.07, 6.45) is -0.133. The van der Waals surface area contributed by atoms with Crippen LogP contribution in [0.1, 0.15) is 5.89 Å². The molecule has 0 aliphatic carbocycles. The highest BCUT2D eigenvalue weighted by Gasteiger charge is 2.19. The number of benzene rings is 2. The predicted octanol–water partition coefficient (Wildman–Crippen LogP) is 3.02. The maximum Gasteiger partial charge on any atom is 0.314 e. The molecule has 1 heterocycles. The third-order valence-corrected chi connectivity index (χ3v) is 4.94. The van der Waals surface area contributed by atoms with E-state index in [1.54, 1.807) is 36.4 Å². The Kier molecular flexibility index (Phi) is 5.31. The van der Waals surface area contributed by atoms with Crippen LogP contribution in [-0.2, 0) is 26.0 Å². The third kappa shape index (κ3) is 4.36. The lowest BCUT2D eigenvalue weighted by Gasteiger charge is -2.03. The van der Waals surface area contributed by atoms with Crippen LogP contribution < -0.4 is 5.14 Å². The molecule has 27 heavy (non-hydrogen) atoms. The molecule has 7 nitrogen and oxygen atoms in total. The van der Waals surface area contributed by atoms with Crippen molar-refractivity contribution < 1.29 is 22.4 Å². The Morgan fingerprint density at radius 3 is 2.26 bits per heavy atom. The van der Waals surface area contributed by atoms with Crippen molar-refractivity contribution in [3.63, 3.8) is 0 Å². The fourth-order valence-electron chi connectivity index (χ4n) is 2.43. The van der Waals surface area contributed by atoms with E-state index in [0.29, 0.717) is 27.6 Å². The summed E-state index contributed by atoms with van der Waals surface area (Å²) in [5, 5.41) is 5.69. The molecule has 0 aliphatic heterocycles. The summed E-state index contributed by atoms with van der Waals surface area (Å²) in [6.45, 7) is 0. The minimum absolute atomic E-state index is 0.0161. The fraction of sp³-hybridized carbons (Fsp3) is 0.111. The molecule has 2 N–H and O–H groups in total. The first-order valence-corrected chi connectivity index (χ1v) is 9.66. The van der Waals surface area contributed by atoms with Gasteiger partial charge in [0.1, 0.15) is 12.1 Å². The molecule has 3 rings (SSSR count). The van der Waals surface area contributed by atoms with Crippen LogP contribution in [0, 0.1) is 0 Å². The number of halogens is 1. The van der Waals surface area contributed by atoms with Crippen molar-refractivity contribution in [1.29, 1.82) is 0 Å². The van der Waals surface area contributed by atoms with Gasteiger partial charge in [0.2, 0.25) is 15.9 Å². The van der Waals surface area contributed by atoms with Crippen molar-refractivity contribution >= 4 is 27.6 Å². The monoisotopic (exact) mass is 406 g/mol. The summed E-state index contributed by atoms with van der Waals surface area (Å²) in [5.74, 6) is 0.112. The molecule has 3 aromatic rings. The maximum absolute atomic E-state index is 11.6. The number of esters is 1. The van der Waals surface area contributed by atoms with Crippen LogP contribution in [0.5, 0.6) is 0 Å². The number of primary sulfonamides is 1. The van der Waals surface area contributed by atoms with Crippen LogP contribution in [0.4, 0.5) is 0 Å². The van der Waals surface area contributed by atoms with Crippen LogP contribution in [0.3, 0.4) is 0 Å². The van der Waals surface area contributed by atoms with Gasteiger partial charge >= 0.3 is 5.97 Å². The lowest BCUT2D eigenvalue weighted by molar-refractivity contribution is -0.140. The molecule has 0 saturated carbocycles. The Bertz CT molecular complexity index is 1070. The van der Waals surface area contributed by atoms with Crippen LogP contribution >= 0.6 is 11.6 Å². The number of hydrogen-bond donors (Lipinski definition) is 1. The number of nitrogens with zero attached hydrogens (tertiary/aromatic N) is 1. The number of hydrogen-bond acceptors (Lipinski definition) is 6. The van der Waals surface area contributed by atoms with Crippen molar-refractivity contribution in [3.05, 3.63) is 59.4 Å². The van der Waals surface area contributed by atoms with E-state index in [9.17, 15) is 13.2 Å². The number of carbonyl (C=O) groups excluding carboxylic acids is 1. The molecular weight excluding hydrogens is 392 g/mol. The number of oxazole rings is 1. The Balaban J connectivity index is 2.09. The van der Waals surface area contributed by atoms with Gasteiger partial charge in [0, 0.05) is 16.1 Å². The van der Waals surface area contributed by atoms with Crippen molar-refractivity contribution in [2.24, 2.45) is 5.14 Å². The molecule has 0 unspecified atom stereocenters. The van der Waals surface area contributed by atoms with Crippen molar-refractivity contribution in [1.82, 2.24) is 4.98 Å². The second-order valence-electron chi connectivity index (χ2n) is 5.61. The summed E-state index contributed by atoms with van der Waals surface area (Å²) in [6, 6.07) is 12.8. The van der Waals surface area contributed by atoms with E-state index in [1.807, 2.05) is 0 Å². The second kappa shape index (κ2) is 7.51. The highest BCUT2D eigenvalue weighted by Crippen LogP contribution is 2.34. The number of aromatic nitrogens is 1. The average Bonchev–Trinajstić information content (AvgIpc) is 3.05. The third-order valence-electron chi connectivity index (χ3n) is 3.76. The number of ether oxygens (including phenoxy) is 1. The number of nitrogens with two attached hydrogens (primary N) is 1. The van der Waals surface area contributed by atoms with Crippen molar-refractivity contribution in [2.75, 3.05) is 7.11 Å². The van der Waals surface area contributed by atoms with Gasteiger partial charge in [0.25, 0.3) is 0 Å². The van der Waals surface area contributed by atoms with Gasteiger partial charge in [-0.3, -0.25) is 4.79 Å². The first-order valence-electron chi connectivity index (χ1n) is 7.73. The Labute approximate surface area is 160 Å². The van der Waals surface area contributed by atoms with E-state index in [1.165, 1.54) is 19.2 Å². The van der Waals surface area contributed by atoms with Crippen molar-refractivity contribution in [2.45, 2.75) is 11.3 Å². The van der Waals surface area contributed by atoms with Crippen LogP contribution in [-0.4, -0.2) is 26.5 Å². The summed E-state index contributed by atoms with van der Waals surface area (Å²) in [5.41, 5.74) is 1.76. The van der Waals surface area contributed by atoms with Gasteiger partial charge in [0.15, 0.2) is 5.76 Å². The normalized spacial score (nSPS) is 11.4. The molecule has 0 fully saturated rings. The molecular formula is C18H15ClN2O5S. The van der Waals surface area contributed by atoms with E-state index in [2.05, 4.69) is 9.72 Å². The zero-order chi connectivity index (χ0) is 19.6. The van der Waals surface area contributed by atoms with Crippen molar-refractivity contribution in [3.8, 4) is 22.6 Å². The van der Waals surface area contributed by atoms with Crippen LogP contribution in [0.2, 0.25) is 5.02 Å². The molecule has 1 aromatic heterocycles. The molecule has 140 valence electrons. The van der Waals surface area contributed by atoms with Gasteiger partial charge in [-0.2, -0.15) is 0 Å². The molecule has 9 heteroatoms. The molecule has 0 radical (unpaired) electrons. The van der Waals surface area contributed by atoms with Crippen LogP contribution in [0.25, 0.3) is 22.6 Å². The SMILES string of the molecule is COC(=O)Cc1nc(-c2ccc(S(N)(=O)=O)cc2)c(-c2ccc(Cl)cc2)o1. The van der Waals surface area contributed by atoms with Gasteiger partial charge in [-0.05, 0) is 36.4 Å². The van der Waals surface area contributed by atoms with Gasteiger partial charge in [0.05, 0.1) is 12.0 Å². The lowest BCUT2D eigenvalue weighted by atomic mass is 10.1. The highest BCUT2D eigenvalue weighted by atomic mass is 35.5. The summed E-state index contributed by atoms with van der Waals surface area (Å²) in [7, 11) is -2.53. The minimum atomic E-state index is -3.80. The zero-order valence-corrected chi connectivity index (χ0v) is 15.8. The molecule has 0 atom stereocenters. The highest BCUT2D eigenvalue weighted by molar-refractivity contribution is 7.89. The van der Waals surface area contributed by atoms with E-state index >= 15 is 0 Å². The summed E-state index contributed by atoms with van der Waals surface area (Å²) >= 11 is 5.93. The number of methoxy groups -OCH3 is 1. The Hall–Kier alpha value is -2.68. The lowest BCUT2D eigenvalue weighted by Crippen LogP contribution is -2.11. The Morgan fingerprint density at radius 2 is 1.70 bits per heavy atom. The molecule has 0 amide bonds. The number of rotatable bonds is 5. The standard InChI is InChI=1S/C18H15ClN2O5S/c1-25-16(22)10-15-21-17(11-4-8-14(9-5-11)27(20,23)24)18(26-15)12-2-6-13(19)7-3-12/h2-9H,10H2,1H3,(H2,20,23,24). The smallest absolute Gasteiger partial charge is 0.314 e. The zero-order valence-electron chi connectivity index (χ0n) is 14.2. The summed E-state index contributed by atoms with van der Waals surface area (Å²) in [4.78, 5) is 15.9. The molecule has 2 aromatic carbocycles. The van der Waals surface area contributed by atoms with E-state index in [0.717, 1.165) is 0 Å². The molecule has 0 saturated heterocycles. The molecule has 0 spiro atoms.